The van der Waals surface area contributed by atoms with Crippen molar-refractivity contribution in [1.29, 1.82) is 5.26 Å². The zero-order valence-corrected chi connectivity index (χ0v) is 8.17. The third kappa shape index (κ3) is 2.87. The summed E-state index contributed by atoms with van der Waals surface area (Å²) in [6.45, 7) is -0.244. The summed E-state index contributed by atoms with van der Waals surface area (Å²) in [5.74, 6) is 0. The van der Waals surface area contributed by atoms with Crippen LogP contribution in [0.3, 0.4) is 0 Å². The summed E-state index contributed by atoms with van der Waals surface area (Å²) in [6.07, 6.45) is -4.52. The summed E-state index contributed by atoms with van der Waals surface area (Å²) in [7, 11) is 0. The summed E-state index contributed by atoms with van der Waals surface area (Å²) in [4.78, 5) is 0. The van der Waals surface area contributed by atoms with Crippen molar-refractivity contribution in [1.82, 2.24) is 0 Å². The number of hydrogen-bond acceptors (Lipinski definition) is 3. The lowest BCUT2D eigenvalue weighted by atomic mass is 10.1. The van der Waals surface area contributed by atoms with Gasteiger partial charge in [-0.05, 0) is 18.2 Å². The van der Waals surface area contributed by atoms with Gasteiger partial charge in [0, 0.05) is 12.2 Å². The van der Waals surface area contributed by atoms with E-state index in [1.807, 2.05) is 0 Å². The van der Waals surface area contributed by atoms with Crippen molar-refractivity contribution in [3.05, 3.63) is 29.3 Å². The lowest BCUT2D eigenvalue weighted by Gasteiger charge is -2.14. The van der Waals surface area contributed by atoms with Crippen LogP contribution in [-0.2, 0) is 6.18 Å². The van der Waals surface area contributed by atoms with Gasteiger partial charge in [0.2, 0.25) is 0 Å². The highest BCUT2D eigenvalue weighted by atomic mass is 19.4. The van der Waals surface area contributed by atoms with Gasteiger partial charge in [0.05, 0.1) is 23.8 Å². The van der Waals surface area contributed by atoms with Gasteiger partial charge < -0.3 is 10.4 Å². The Labute approximate surface area is 90.1 Å². The Balaban J connectivity index is 3.13. The van der Waals surface area contributed by atoms with E-state index in [0.717, 1.165) is 6.07 Å². The average molecular weight is 230 g/mol. The molecule has 0 amide bonds. The number of aliphatic hydroxyl groups excluding tert-OH is 1. The van der Waals surface area contributed by atoms with Crippen LogP contribution in [-0.4, -0.2) is 18.3 Å². The first kappa shape index (κ1) is 12.3. The standard InChI is InChI=1S/C10H9F3N2O/c11-10(12,13)8-5-7(6-14)1-2-9(8)15-3-4-16/h1-2,5,15-16H,3-4H2. The van der Waals surface area contributed by atoms with E-state index in [0.29, 0.717) is 0 Å². The van der Waals surface area contributed by atoms with Crippen LogP contribution in [0.1, 0.15) is 11.1 Å². The highest BCUT2D eigenvalue weighted by Gasteiger charge is 2.33. The van der Waals surface area contributed by atoms with Crippen molar-refractivity contribution in [2.24, 2.45) is 0 Å². The number of halogens is 3. The van der Waals surface area contributed by atoms with Crippen LogP contribution in [0.2, 0.25) is 0 Å². The van der Waals surface area contributed by atoms with Crippen LogP contribution >= 0.6 is 0 Å². The van der Waals surface area contributed by atoms with Gasteiger partial charge in [0.15, 0.2) is 0 Å². The number of nitrogens with one attached hydrogen (secondary N) is 1. The minimum absolute atomic E-state index is 0.0228. The number of nitrogens with zero attached hydrogens (tertiary/aromatic N) is 1. The number of hydrogen-bond donors (Lipinski definition) is 2. The van der Waals surface area contributed by atoms with Gasteiger partial charge in [-0.2, -0.15) is 18.4 Å². The topological polar surface area (TPSA) is 56.0 Å². The minimum atomic E-state index is -4.52. The lowest BCUT2D eigenvalue weighted by molar-refractivity contribution is -0.137. The van der Waals surface area contributed by atoms with Gasteiger partial charge >= 0.3 is 6.18 Å². The Morgan fingerprint density at radius 1 is 1.38 bits per heavy atom. The molecule has 0 spiro atoms. The zero-order valence-electron chi connectivity index (χ0n) is 8.17. The molecule has 1 aromatic rings. The highest BCUT2D eigenvalue weighted by Crippen LogP contribution is 2.35. The fraction of sp³-hybridized carbons (Fsp3) is 0.300. The van der Waals surface area contributed by atoms with E-state index in [1.54, 1.807) is 6.07 Å². The summed E-state index contributed by atoms with van der Waals surface area (Å²) in [5, 5.41) is 19.5. The molecular formula is C10H9F3N2O. The fourth-order valence-corrected chi connectivity index (χ4v) is 1.19. The number of rotatable bonds is 3. The van der Waals surface area contributed by atoms with Gasteiger partial charge in [-0.1, -0.05) is 0 Å². The molecule has 0 heterocycles. The quantitative estimate of drug-likeness (QED) is 0.834. The van der Waals surface area contributed by atoms with Crippen LogP contribution in [0.15, 0.2) is 18.2 Å². The Morgan fingerprint density at radius 3 is 2.56 bits per heavy atom. The molecule has 3 nitrogen and oxygen atoms in total. The normalized spacial score (nSPS) is 10.9. The third-order valence-electron chi connectivity index (χ3n) is 1.88. The molecule has 0 aliphatic heterocycles. The Hall–Kier alpha value is -1.74. The maximum atomic E-state index is 12.6. The van der Waals surface area contributed by atoms with Crippen molar-refractivity contribution in [3.8, 4) is 6.07 Å². The number of anilines is 1. The van der Waals surface area contributed by atoms with E-state index in [4.69, 9.17) is 10.4 Å². The highest BCUT2D eigenvalue weighted by molar-refractivity contribution is 5.56. The fourth-order valence-electron chi connectivity index (χ4n) is 1.19. The molecule has 1 aromatic carbocycles. The van der Waals surface area contributed by atoms with Gasteiger partial charge in [-0.3, -0.25) is 0 Å². The molecule has 0 aromatic heterocycles. The summed E-state index contributed by atoms with van der Waals surface area (Å²) >= 11 is 0. The molecule has 0 bridgehead atoms. The van der Waals surface area contributed by atoms with Crippen molar-refractivity contribution in [2.45, 2.75) is 6.18 Å². The maximum absolute atomic E-state index is 12.6. The van der Waals surface area contributed by atoms with Crippen molar-refractivity contribution >= 4 is 5.69 Å². The summed E-state index contributed by atoms with van der Waals surface area (Å²) in [6, 6.07) is 4.89. The first-order chi connectivity index (χ1) is 7.49. The third-order valence-corrected chi connectivity index (χ3v) is 1.88. The molecule has 0 aliphatic carbocycles. The number of alkyl halides is 3. The largest absolute Gasteiger partial charge is 0.418 e. The molecule has 0 saturated heterocycles. The second-order valence-electron chi connectivity index (χ2n) is 3.02. The van der Waals surface area contributed by atoms with Crippen LogP contribution in [0, 0.1) is 11.3 Å². The van der Waals surface area contributed by atoms with Gasteiger partial charge in [0.1, 0.15) is 0 Å². The smallest absolute Gasteiger partial charge is 0.395 e. The van der Waals surface area contributed by atoms with Gasteiger partial charge in [-0.15, -0.1) is 0 Å². The Morgan fingerprint density at radius 2 is 2.06 bits per heavy atom. The van der Waals surface area contributed by atoms with E-state index in [2.05, 4.69) is 5.32 Å². The van der Waals surface area contributed by atoms with Crippen molar-refractivity contribution in [2.75, 3.05) is 18.5 Å². The second kappa shape index (κ2) is 4.86. The minimum Gasteiger partial charge on any atom is -0.395 e. The molecule has 0 radical (unpaired) electrons. The number of benzene rings is 1. The molecule has 0 aliphatic rings. The van der Waals surface area contributed by atoms with E-state index in [1.165, 1.54) is 12.1 Å². The molecule has 0 fully saturated rings. The molecular weight excluding hydrogens is 221 g/mol. The van der Waals surface area contributed by atoms with Crippen LogP contribution in [0.25, 0.3) is 0 Å². The first-order valence-corrected chi connectivity index (χ1v) is 4.45. The van der Waals surface area contributed by atoms with Crippen LogP contribution in [0.4, 0.5) is 18.9 Å². The van der Waals surface area contributed by atoms with Crippen LogP contribution in [0.5, 0.6) is 0 Å². The zero-order chi connectivity index (χ0) is 12.2. The van der Waals surface area contributed by atoms with Crippen molar-refractivity contribution in [3.63, 3.8) is 0 Å². The molecule has 2 N–H and O–H groups in total. The van der Waals surface area contributed by atoms with E-state index in [-0.39, 0.29) is 24.4 Å². The molecule has 0 unspecified atom stereocenters. The number of aliphatic hydroxyl groups is 1. The predicted octanol–water partition coefficient (Wildman–Crippen LogP) is 1.98. The second-order valence-corrected chi connectivity index (χ2v) is 3.02. The SMILES string of the molecule is N#Cc1ccc(NCCO)c(C(F)(F)F)c1. The molecule has 6 heteroatoms. The summed E-state index contributed by atoms with van der Waals surface area (Å²) in [5.41, 5.74) is -1.09. The van der Waals surface area contributed by atoms with Gasteiger partial charge in [0.25, 0.3) is 0 Å². The lowest BCUT2D eigenvalue weighted by Crippen LogP contribution is -2.13. The molecule has 1 rings (SSSR count). The monoisotopic (exact) mass is 230 g/mol. The van der Waals surface area contributed by atoms with Crippen LogP contribution < -0.4 is 5.32 Å². The Bertz CT molecular complexity index is 410. The van der Waals surface area contributed by atoms with E-state index < -0.39 is 11.7 Å². The molecule has 86 valence electrons. The number of nitriles is 1. The average Bonchev–Trinajstić information content (AvgIpc) is 2.25. The molecule has 0 saturated carbocycles. The Kier molecular flexibility index (Phi) is 3.74. The van der Waals surface area contributed by atoms with Gasteiger partial charge in [-0.25, -0.2) is 0 Å². The summed E-state index contributed by atoms with van der Waals surface area (Å²) < 4.78 is 37.7. The maximum Gasteiger partial charge on any atom is 0.418 e. The first-order valence-electron chi connectivity index (χ1n) is 4.45. The molecule has 0 atom stereocenters. The predicted molar refractivity (Wildman–Crippen MR) is 51.7 cm³/mol. The molecule has 16 heavy (non-hydrogen) atoms. The van der Waals surface area contributed by atoms with E-state index in [9.17, 15) is 13.2 Å². The van der Waals surface area contributed by atoms with E-state index >= 15 is 0 Å². The van der Waals surface area contributed by atoms with Crippen molar-refractivity contribution < 1.29 is 18.3 Å².